The normalized spacial score (nSPS) is 16.2. The van der Waals surface area contributed by atoms with Crippen molar-refractivity contribution in [2.75, 3.05) is 6.61 Å². The predicted molar refractivity (Wildman–Crippen MR) is 66.6 cm³/mol. The third-order valence-corrected chi connectivity index (χ3v) is 3.18. The van der Waals surface area contributed by atoms with Gasteiger partial charge < -0.3 is 10.1 Å². The molecule has 0 heterocycles. The van der Waals surface area contributed by atoms with Gasteiger partial charge in [-0.3, -0.25) is 0 Å². The summed E-state index contributed by atoms with van der Waals surface area (Å²) in [6, 6.07) is 10.5. The molecule has 0 saturated heterocycles. The van der Waals surface area contributed by atoms with E-state index in [1.165, 1.54) is 18.4 Å². The van der Waals surface area contributed by atoms with E-state index >= 15 is 0 Å². The highest BCUT2D eigenvalue weighted by Crippen LogP contribution is 2.32. The molecule has 17 heavy (non-hydrogen) atoms. The molecule has 0 bridgehead atoms. The van der Waals surface area contributed by atoms with Gasteiger partial charge in [0.25, 0.3) is 0 Å². The molecule has 0 spiro atoms. The van der Waals surface area contributed by atoms with Gasteiger partial charge in [-0.05, 0) is 43.4 Å². The van der Waals surface area contributed by atoms with Gasteiger partial charge >= 0.3 is 0 Å². The second-order valence-electron chi connectivity index (χ2n) is 4.60. The van der Waals surface area contributed by atoms with E-state index in [-0.39, 0.29) is 6.61 Å². The third kappa shape index (κ3) is 3.76. The molecule has 0 amide bonds. The molecule has 1 saturated carbocycles. The Morgan fingerprint density at radius 2 is 2.12 bits per heavy atom. The van der Waals surface area contributed by atoms with E-state index in [0.29, 0.717) is 6.04 Å². The molecule has 1 aromatic carbocycles. The molecule has 0 radical (unpaired) electrons. The molecule has 1 unspecified atom stereocenters. The van der Waals surface area contributed by atoms with Crippen LogP contribution in [-0.2, 0) is 6.54 Å². The van der Waals surface area contributed by atoms with Crippen LogP contribution in [0.3, 0.4) is 0 Å². The standard InChI is InChI=1S/C14H18N2O/c1-11(13-4-5-13)16-10-12-2-6-14(7-3-12)17-9-8-15/h2-3,6-7,11,13,16H,4-5,9-10H2,1H3. The first-order chi connectivity index (χ1) is 8.29. The van der Waals surface area contributed by atoms with Gasteiger partial charge in [0, 0.05) is 12.6 Å². The van der Waals surface area contributed by atoms with Crippen LogP contribution in [0.2, 0.25) is 0 Å². The molecule has 90 valence electrons. The van der Waals surface area contributed by atoms with Crippen molar-refractivity contribution in [2.45, 2.75) is 32.4 Å². The van der Waals surface area contributed by atoms with Gasteiger partial charge in [0.2, 0.25) is 0 Å². The maximum atomic E-state index is 8.40. The zero-order chi connectivity index (χ0) is 12.1. The topological polar surface area (TPSA) is 45.0 Å². The number of nitrogens with zero attached hydrogens (tertiary/aromatic N) is 1. The first kappa shape index (κ1) is 11.9. The summed E-state index contributed by atoms with van der Waals surface area (Å²) in [6.07, 6.45) is 2.74. The van der Waals surface area contributed by atoms with E-state index in [0.717, 1.165) is 18.2 Å². The van der Waals surface area contributed by atoms with E-state index in [9.17, 15) is 0 Å². The molecule has 1 fully saturated rings. The number of hydrogen-bond donors (Lipinski definition) is 1. The minimum absolute atomic E-state index is 0.107. The highest BCUT2D eigenvalue weighted by Gasteiger charge is 2.27. The van der Waals surface area contributed by atoms with Crippen LogP contribution < -0.4 is 10.1 Å². The van der Waals surface area contributed by atoms with Crippen molar-refractivity contribution in [1.29, 1.82) is 5.26 Å². The molecule has 3 nitrogen and oxygen atoms in total. The van der Waals surface area contributed by atoms with Crippen molar-refractivity contribution in [3.05, 3.63) is 29.8 Å². The summed E-state index contributed by atoms with van der Waals surface area (Å²) in [5, 5.41) is 11.9. The van der Waals surface area contributed by atoms with Gasteiger partial charge in [0.15, 0.2) is 6.61 Å². The first-order valence-electron chi connectivity index (χ1n) is 6.11. The lowest BCUT2D eigenvalue weighted by Crippen LogP contribution is -2.27. The van der Waals surface area contributed by atoms with Gasteiger partial charge in [-0.2, -0.15) is 5.26 Å². The van der Waals surface area contributed by atoms with Crippen molar-refractivity contribution >= 4 is 0 Å². The Hall–Kier alpha value is -1.53. The molecule has 1 aliphatic rings. The molecule has 1 aliphatic carbocycles. The summed E-state index contributed by atoms with van der Waals surface area (Å²) in [5.74, 6) is 1.64. The molecular weight excluding hydrogens is 212 g/mol. The predicted octanol–water partition coefficient (Wildman–Crippen LogP) is 2.48. The Morgan fingerprint density at radius 1 is 1.41 bits per heavy atom. The van der Waals surface area contributed by atoms with Crippen molar-refractivity contribution < 1.29 is 4.74 Å². The Kier molecular flexibility index (Phi) is 4.00. The lowest BCUT2D eigenvalue weighted by molar-refractivity contribution is 0.368. The number of rotatable bonds is 6. The first-order valence-corrected chi connectivity index (χ1v) is 6.11. The fraction of sp³-hybridized carbons (Fsp3) is 0.500. The zero-order valence-corrected chi connectivity index (χ0v) is 10.1. The van der Waals surface area contributed by atoms with E-state index in [4.69, 9.17) is 10.00 Å². The molecule has 1 atom stereocenters. The van der Waals surface area contributed by atoms with Crippen molar-refractivity contribution in [1.82, 2.24) is 5.32 Å². The molecular formula is C14H18N2O. The van der Waals surface area contributed by atoms with Crippen molar-refractivity contribution in [2.24, 2.45) is 5.92 Å². The maximum absolute atomic E-state index is 8.40. The number of nitrogens with one attached hydrogen (secondary N) is 1. The average Bonchev–Trinajstić information content (AvgIpc) is 3.19. The van der Waals surface area contributed by atoms with Gasteiger partial charge in [-0.25, -0.2) is 0 Å². The third-order valence-electron chi connectivity index (χ3n) is 3.18. The highest BCUT2D eigenvalue weighted by atomic mass is 16.5. The Balaban J connectivity index is 1.78. The van der Waals surface area contributed by atoms with Crippen LogP contribution in [0.4, 0.5) is 0 Å². The molecule has 0 aromatic heterocycles. The molecule has 2 rings (SSSR count). The van der Waals surface area contributed by atoms with E-state index < -0.39 is 0 Å². The largest absolute Gasteiger partial charge is 0.479 e. The lowest BCUT2D eigenvalue weighted by Gasteiger charge is -2.12. The van der Waals surface area contributed by atoms with E-state index in [1.54, 1.807) is 0 Å². The Bertz CT molecular complexity index is 390. The Labute approximate surface area is 102 Å². The fourth-order valence-corrected chi connectivity index (χ4v) is 1.86. The van der Waals surface area contributed by atoms with E-state index in [2.05, 4.69) is 12.2 Å². The minimum atomic E-state index is 0.107. The highest BCUT2D eigenvalue weighted by molar-refractivity contribution is 5.27. The van der Waals surface area contributed by atoms with Gasteiger partial charge in [0.1, 0.15) is 11.8 Å². The Morgan fingerprint density at radius 3 is 2.71 bits per heavy atom. The van der Waals surface area contributed by atoms with Crippen LogP contribution in [0.5, 0.6) is 5.75 Å². The number of hydrogen-bond acceptors (Lipinski definition) is 3. The summed E-state index contributed by atoms with van der Waals surface area (Å²) in [7, 11) is 0. The number of nitriles is 1. The van der Waals surface area contributed by atoms with Crippen LogP contribution in [0.1, 0.15) is 25.3 Å². The quantitative estimate of drug-likeness (QED) is 0.816. The smallest absolute Gasteiger partial charge is 0.174 e. The van der Waals surface area contributed by atoms with Crippen LogP contribution in [0.25, 0.3) is 0 Å². The van der Waals surface area contributed by atoms with Crippen LogP contribution >= 0.6 is 0 Å². The molecule has 3 heteroatoms. The maximum Gasteiger partial charge on any atom is 0.174 e. The minimum Gasteiger partial charge on any atom is -0.479 e. The molecule has 1 aromatic rings. The van der Waals surface area contributed by atoms with E-state index in [1.807, 2.05) is 30.3 Å². The van der Waals surface area contributed by atoms with Crippen LogP contribution in [-0.4, -0.2) is 12.6 Å². The van der Waals surface area contributed by atoms with Crippen LogP contribution in [0, 0.1) is 17.2 Å². The zero-order valence-electron chi connectivity index (χ0n) is 10.1. The van der Waals surface area contributed by atoms with Gasteiger partial charge in [-0.15, -0.1) is 0 Å². The fourth-order valence-electron chi connectivity index (χ4n) is 1.86. The van der Waals surface area contributed by atoms with Gasteiger partial charge in [-0.1, -0.05) is 12.1 Å². The molecule has 1 N–H and O–H groups in total. The summed E-state index contributed by atoms with van der Waals surface area (Å²) < 4.78 is 5.20. The summed E-state index contributed by atoms with van der Waals surface area (Å²) in [6.45, 7) is 3.26. The lowest BCUT2D eigenvalue weighted by atomic mass is 10.1. The number of ether oxygens (including phenoxy) is 1. The second kappa shape index (κ2) is 5.70. The second-order valence-corrected chi connectivity index (χ2v) is 4.60. The van der Waals surface area contributed by atoms with Crippen LogP contribution in [0.15, 0.2) is 24.3 Å². The van der Waals surface area contributed by atoms with Crippen molar-refractivity contribution in [3.8, 4) is 11.8 Å². The monoisotopic (exact) mass is 230 g/mol. The number of benzene rings is 1. The average molecular weight is 230 g/mol. The van der Waals surface area contributed by atoms with Gasteiger partial charge in [0.05, 0.1) is 0 Å². The van der Waals surface area contributed by atoms with Crippen molar-refractivity contribution in [3.63, 3.8) is 0 Å². The summed E-state index contributed by atoms with van der Waals surface area (Å²) in [4.78, 5) is 0. The SMILES string of the molecule is CC(NCc1ccc(OCC#N)cc1)C1CC1. The summed E-state index contributed by atoms with van der Waals surface area (Å²) >= 11 is 0. The molecule has 0 aliphatic heterocycles. The summed E-state index contributed by atoms with van der Waals surface area (Å²) in [5.41, 5.74) is 1.25.